The highest BCUT2D eigenvalue weighted by molar-refractivity contribution is 7.89. The lowest BCUT2D eigenvalue weighted by molar-refractivity contribution is 0.109. The number of benzene rings is 1. The first-order valence-electron chi connectivity index (χ1n) is 12.3. The molecule has 1 aliphatic rings. The topological polar surface area (TPSA) is 135 Å². The maximum absolute atomic E-state index is 13.1. The van der Waals surface area contributed by atoms with Gasteiger partial charge in [0, 0.05) is 42.1 Å². The molecular formula is C25H32N6O4S2. The van der Waals surface area contributed by atoms with Crippen LogP contribution in [0.15, 0.2) is 47.9 Å². The number of ether oxygens (including phenoxy) is 1. The minimum absolute atomic E-state index is 0.0914. The first-order chi connectivity index (χ1) is 17.7. The molecule has 2 heterocycles. The smallest absolute Gasteiger partial charge is 0.407 e. The molecule has 1 aliphatic carbocycles. The van der Waals surface area contributed by atoms with E-state index in [1.165, 1.54) is 17.7 Å². The third-order valence-corrected chi connectivity index (χ3v) is 8.77. The summed E-state index contributed by atoms with van der Waals surface area (Å²) in [6.45, 7) is 5.68. The van der Waals surface area contributed by atoms with E-state index in [4.69, 9.17) is 4.74 Å². The number of nitrogens with zero attached hydrogens (tertiary/aromatic N) is 3. The number of carbonyl (C=O) groups is 1. The molecule has 0 radical (unpaired) electrons. The molecule has 3 aromatic rings. The van der Waals surface area contributed by atoms with E-state index in [9.17, 15) is 13.2 Å². The molecule has 0 bridgehead atoms. The monoisotopic (exact) mass is 544 g/mol. The van der Waals surface area contributed by atoms with Crippen molar-refractivity contribution in [3.05, 3.63) is 48.0 Å². The molecule has 1 saturated carbocycles. The van der Waals surface area contributed by atoms with Gasteiger partial charge in [-0.15, -0.1) is 11.3 Å². The molecule has 3 N–H and O–H groups in total. The predicted octanol–water partition coefficient (Wildman–Crippen LogP) is 4.80. The normalized spacial score (nSPS) is 17.9. The summed E-state index contributed by atoms with van der Waals surface area (Å²) in [5, 5.41) is 7.05. The average Bonchev–Trinajstić information content (AvgIpc) is 3.35. The van der Waals surface area contributed by atoms with Crippen LogP contribution < -0.4 is 15.4 Å². The maximum Gasteiger partial charge on any atom is 0.407 e. The van der Waals surface area contributed by atoms with E-state index in [-0.39, 0.29) is 35.6 Å². The second kappa shape index (κ2) is 12.0. The third-order valence-electron chi connectivity index (χ3n) is 5.99. The van der Waals surface area contributed by atoms with Gasteiger partial charge in [0.15, 0.2) is 0 Å². The Morgan fingerprint density at radius 3 is 2.62 bits per heavy atom. The highest BCUT2D eigenvalue weighted by atomic mass is 32.2. The quantitative estimate of drug-likeness (QED) is 0.350. The van der Waals surface area contributed by atoms with Gasteiger partial charge in [-0.1, -0.05) is 13.0 Å². The van der Waals surface area contributed by atoms with E-state index in [1.807, 2.05) is 19.9 Å². The lowest BCUT2D eigenvalue weighted by atomic mass is 9.86. The molecule has 0 aliphatic heterocycles. The number of sulfonamides is 1. The molecule has 12 heteroatoms. The van der Waals surface area contributed by atoms with Crippen LogP contribution in [0, 0.1) is 0 Å². The zero-order chi connectivity index (χ0) is 26.4. The number of anilines is 2. The SMILES string of the molecule is CCNS(=O)(=O)c1cc(Nc2ccncn2)ccc1-c1cnc(C2CCC(NC(=O)OC(C)C)CC2)s1. The highest BCUT2D eigenvalue weighted by Gasteiger charge is 2.27. The Morgan fingerprint density at radius 2 is 1.95 bits per heavy atom. The van der Waals surface area contributed by atoms with Crippen LogP contribution in [0.5, 0.6) is 0 Å². The molecule has 198 valence electrons. The molecule has 1 aromatic carbocycles. The van der Waals surface area contributed by atoms with Crippen LogP contribution in [0.25, 0.3) is 10.4 Å². The van der Waals surface area contributed by atoms with Crippen molar-refractivity contribution in [1.29, 1.82) is 0 Å². The molecule has 1 fully saturated rings. The Hall–Kier alpha value is -3.09. The fourth-order valence-electron chi connectivity index (χ4n) is 4.31. The molecule has 1 amide bonds. The molecule has 0 saturated heterocycles. The van der Waals surface area contributed by atoms with Crippen LogP contribution in [0.2, 0.25) is 0 Å². The average molecular weight is 545 g/mol. The summed E-state index contributed by atoms with van der Waals surface area (Å²) < 4.78 is 34.0. The number of hydrogen-bond donors (Lipinski definition) is 3. The summed E-state index contributed by atoms with van der Waals surface area (Å²) in [7, 11) is -3.74. The summed E-state index contributed by atoms with van der Waals surface area (Å²) in [4.78, 5) is 25.6. The Labute approximate surface area is 221 Å². The van der Waals surface area contributed by atoms with E-state index in [1.54, 1.807) is 37.5 Å². The zero-order valence-electron chi connectivity index (χ0n) is 21.1. The number of alkyl carbamates (subject to hydrolysis) is 1. The van der Waals surface area contributed by atoms with Gasteiger partial charge < -0.3 is 15.4 Å². The molecule has 0 atom stereocenters. The van der Waals surface area contributed by atoms with Gasteiger partial charge in [0.05, 0.1) is 20.9 Å². The van der Waals surface area contributed by atoms with Gasteiger partial charge in [-0.05, 0) is 57.7 Å². The van der Waals surface area contributed by atoms with E-state index in [2.05, 4.69) is 30.3 Å². The molecule has 37 heavy (non-hydrogen) atoms. The number of hydrogen-bond acceptors (Lipinski definition) is 9. The second-order valence-electron chi connectivity index (χ2n) is 9.14. The van der Waals surface area contributed by atoms with Crippen molar-refractivity contribution in [1.82, 2.24) is 25.0 Å². The fourth-order valence-corrected chi connectivity index (χ4v) is 6.78. The maximum atomic E-state index is 13.1. The van der Waals surface area contributed by atoms with E-state index in [0.717, 1.165) is 35.6 Å². The summed E-state index contributed by atoms with van der Waals surface area (Å²) in [5.74, 6) is 0.836. The van der Waals surface area contributed by atoms with Crippen molar-refractivity contribution in [2.24, 2.45) is 0 Å². The van der Waals surface area contributed by atoms with E-state index >= 15 is 0 Å². The summed E-state index contributed by atoms with van der Waals surface area (Å²) in [5.41, 5.74) is 1.20. The van der Waals surface area contributed by atoms with Crippen molar-refractivity contribution in [2.75, 3.05) is 11.9 Å². The standard InChI is InChI=1S/C25H32N6O4S2/c1-4-29-37(33,34)22-13-19(30-23-11-12-26-15-28-23)9-10-20(22)21-14-27-24(36-21)17-5-7-18(8-6-17)31-25(32)35-16(2)3/h9-18,29H,4-8H2,1-3H3,(H,31,32)(H,26,28,30). The molecular weight excluding hydrogens is 512 g/mol. The molecule has 4 rings (SSSR count). The van der Waals surface area contributed by atoms with Gasteiger partial charge >= 0.3 is 6.09 Å². The van der Waals surface area contributed by atoms with Crippen molar-refractivity contribution in [3.8, 4) is 10.4 Å². The first kappa shape index (κ1) is 27.0. The first-order valence-corrected chi connectivity index (χ1v) is 14.6. The number of rotatable bonds is 9. The predicted molar refractivity (Wildman–Crippen MR) is 143 cm³/mol. The van der Waals surface area contributed by atoms with Crippen molar-refractivity contribution >= 4 is 39.0 Å². The summed E-state index contributed by atoms with van der Waals surface area (Å²) in [6, 6.07) is 7.04. The van der Waals surface area contributed by atoms with Crippen molar-refractivity contribution < 1.29 is 17.9 Å². The second-order valence-corrected chi connectivity index (χ2v) is 11.9. The number of nitrogens with one attached hydrogen (secondary N) is 3. The van der Waals surface area contributed by atoms with Crippen molar-refractivity contribution in [3.63, 3.8) is 0 Å². The Kier molecular flexibility index (Phi) is 8.72. The van der Waals surface area contributed by atoms with Crippen LogP contribution in [0.4, 0.5) is 16.3 Å². The Morgan fingerprint density at radius 1 is 1.16 bits per heavy atom. The van der Waals surface area contributed by atoms with Gasteiger partial charge in [-0.2, -0.15) is 0 Å². The summed E-state index contributed by atoms with van der Waals surface area (Å²) in [6.07, 6.45) is 7.74. The van der Waals surface area contributed by atoms with Gasteiger partial charge in [0.1, 0.15) is 12.1 Å². The molecule has 0 unspecified atom stereocenters. The van der Waals surface area contributed by atoms with Gasteiger partial charge in [-0.25, -0.2) is 32.9 Å². The van der Waals surface area contributed by atoms with Gasteiger partial charge in [0.2, 0.25) is 10.0 Å². The summed E-state index contributed by atoms with van der Waals surface area (Å²) >= 11 is 1.52. The molecule has 10 nitrogen and oxygen atoms in total. The third kappa shape index (κ3) is 7.02. The number of aromatic nitrogens is 3. The van der Waals surface area contributed by atoms with E-state index < -0.39 is 10.0 Å². The molecule has 0 spiro atoms. The van der Waals surface area contributed by atoms with Gasteiger partial charge in [-0.3, -0.25) is 0 Å². The molecule has 2 aromatic heterocycles. The Balaban J connectivity index is 1.52. The fraction of sp³-hybridized carbons (Fsp3) is 0.440. The van der Waals surface area contributed by atoms with E-state index in [0.29, 0.717) is 17.1 Å². The van der Waals surface area contributed by atoms with Crippen molar-refractivity contribution in [2.45, 2.75) is 69.4 Å². The highest BCUT2D eigenvalue weighted by Crippen LogP contribution is 2.40. The van der Waals surface area contributed by atoms with Crippen LogP contribution in [0.1, 0.15) is 57.4 Å². The lowest BCUT2D eigenvalue weighted by Crippen LogP contribution is -2.38. The van der Waals surface area contributed by atoms with Crippen LogP contribution in [-0.4, -0.2) is 48.2 Å². The lowest BCUT2D eigenvalue weighted by Gasteiger charge is -2.28. The van der Waals surface area contributed by atoms with Crippen LogP contribution in [0.3, 0.4) is 0 Å². The minimum atomic E-state index is -3.74. The zero-order valence-corrected chi connectivity index (χ0v) is 22.7. The minimum Gasteiger partial charge on any atom is -0.447 e. The number of amides is 1. The largest absolute Gasteiger partial charge is 0.447 e. The van der Waals surface area contributed by atoms with Gasteiger partial charge in [0.25, 0.3) is 0 Å². The number of carbonyl (C=O) groups excluding carboxylic acids is 1. The van der Waals surface area contributed by atoms with Crippen LogP contribution >= 0.6 is 11.3 Å². The van der Waals surface area contributed by atoms with Crippen LogP contribution in [-0.2, 0) is 14.8 Å². The Bertz CT molecular complexity index is 1310. The number of thiazole rings is 1.